The molecule has 2 atom stereocenters. The van der Waals surface area contributed by atoms with Crippen LogP contribution in [0.15, 0.2) is 12.1 Å². The molecular formula is C13H12Cl3FO2. The maximum absolute atomic E-state index is 13.9. The molecule has 0 aliphatic carbocycles. The van der Waals surface area contributed by atoms with E-state index in [1.807, 2.05) is 0 Å². The van der Waals surface area contributed by atoms with Crippen LogP contribution in [0.2, 0.25) is 15.1 Å². The molecule has 0 saturated heterocycles. The zero-order valence-electron chi connectivity index (χ0n) is 10.3. The molecule has 6 heteroatoms. The quantitative estimate of drug-likeness (QED) is 0.576. The molecule has 0 radical (unpaired) electrons. The SMILES string of the molecule is CCC(C)C(=O)C(F)C(=O)c1c(Cl)cc(Cl)cc1Cl. The van der Waals surface area contributed by atoms with Crippen LogP contribution < -0.4 is 0 Å². The normalized spacial score (nSPS) is 14.0. The summed E-state index contributed by atoms with van der Waals surface area (Å²) in [6, 6.07) is 2.56. The van der Waals surface area contributed by atoms with Crippen molar-refractivity contribution < 1.29 is 14.0 Å². The summed E-state index contributed by atoms with van der Waals surface area (Å²) in [7, 11) is 0. The van der Waals surface area contributed by atoms with Gasteiger partial charge < -0.3 is 0 Å². The van der Waals surface area contributed by atoms with Crippen molar-refractivity contribution in [2.45, 2.75) is 26.4 Å². The third-order valence-corrected chi connectivity index (χ3v) is 3.65. The molecule has 0 spiro atoms. The molecule has 1 rings (SSSR count). The first-order valence-electron chi connectivity index (χ1n) is 5.66. The summed E-state index contributed by atoms with van der Waals surface area (Å²) in [4.78, 5) is 23.6. The monoisotopic (exact) mass is 324 g/mol. The number of rotatable bonds is 5. The molecule has 0 amide bonds. The Morgan fingerprint density at radius 3 is 2.11 bits per heavy atom. The van der Waals surface area contributed by atoms with Crippen LogP contribution in [-0.2, 0) is 4.79 Å². The van der Waals surface area contributed by atoms with E-state index in [4.69, 9.17) is 34.8 Å². The molecule has 2 unspecified atom stereocenters. The number of halogens is 4. The fourth-order valence-electron chi connectivity index (χ4n) is 1.48. The molecule has 0 aliphatic rings. The highest BCUT2D eigenvalue weighted by Crippen LogP contribution is 2.31. The third kappa shape index (κ3) is 3.68. The number of benzene rings is 1. The smallest absolute Gasteiger partial charge is 0.221 e. The number of carbonyl (C=O) groups excluding carboxylic acids is 2. The Hall–Kier alpha value is -0.640. The fourth-order valence-corrected chi connectivity index (χ4v) is 2.49. The largest absolute Gasteiger partial charge is 0.296 e. The first-order valence-corrected chi connectivity index (χ1v) is 6.79. The highest BCUT2D eigenvalue weighted by atomic mass is 35.5. The van der Waals surface area contributed by atoms with E-state index in [1.54, 1.807) is 13.8 Å². The van der Waals surface area contributed by atoms with Gasteiger partial charge in [-0.05, 0) is 18.6 Å². The standard InChI is InChI=1S/C13H12Cl3FO2/c1-3-6(2)12(18)11(17)13(19)10-8(15)4-7(14)5-9(10)16/h4-6,11H,3H2,1-2H3. The van der Waals surface area contributed by atoms with Crippen molar-refractivity contribution in [2.75, 3.05) is 0 Å². The van der Waals surface area contributed by atoms with Gasteiger partial charge in [-0.1, -0.05) is 48.7 Å². The average Bonchev–Trinajstić information content (AvgIpc) is 2.34. The second kappa shape index (κ2) is 6.69. The fraction of sp³-hybridized carbons (Fsp3) is 0.385. The van der Waals surface area contributed by atoms with Gasteiger partial charge in [0.15, 0.2) is 5.78 Å². The van der Waals surface area contributed by atoms with Crippen LogP contribution in [0.4, 0.5) is 4.39 Å². The zero-order chi connectivity index (χ0) is 14.7. The Morgan fingerprint density at radius 2 is 1.68 bits per heavy atom. The lowest BCUT2D eigenvalue weighted by molar-refractivity contribution is -0.125. The van der Waals surface area contributed by atoms with Crippen molar-refractivity contribution in [3.8, 4) is 0 Å². The molecule has 0 bridgehead atoms. The predicted molar refractivity (Wildman–Crippen MR) is 75.2 cm³/mol. The summed E-state index contributed by atoms with van der Waals surface area (Å²) in [5.41, 5.74) is -0.211. The highest BCUT2D eigenvalue weighted by Gasteiger charge is 2.32. The molecule has 104 valence electrons. The molecule has 0 heterocycles. The van der Waals surface area contributed by atoms with Crippen LogP contribution in [0.1, 0.15) is 30.6 Å². The summed E-state index contributed by atoms with van der Waals surface area (Å²) >= 11 is 17.3. The lowest BCUT2D eigenvalue weighted by Gasteiger charge is -2.13. The highest BCUT2D eigenvalue weighted by molar-refractivity contribution is 6.43. The molecule has 1 aromatic carbocycles. The van der Waals surface area contributed by atoms with E-state index in [1.165, 1.54) is 12.1 Å². The number of alkyl halides is 1. The average molecular weight is 326 g/mol. The van der Waals surface area contributed by atoms with Crippen molar-refractivity contribution in [3.63, 3.8) is 0 Å². The zero-order valence-corrected chi connectivity index (χ0v) is 12.6. The van der Waals surface area contributed by atoms with Gasteiger partial charge in [-0.15, -0.1) is 0 Å². The van der Waals surface area contributed by atoms with E-state index in [2.05, 4.69) is 0 Å². The Kier molecular flexibility index (Phi) is 5.78. The van der Waals surface area contributed by atoms with Crippen LogP contribution in [0, 0.1) is 5.92 Å². The maximum atomic E-state index is 13.9. The van der Waals surface area contributed by atoms with Gasteiger partial charge in [0.05, 0.1) is 15.6 Å². The second-order valence-corrected chi connectivity index (χ2v) is 5.43. The van der Waals surface area contributed by atoms with Crippen molar-refractivity contribution in [2.24, 2.45) is 5.92 Å². The van der Waals surface area contributed by atoms with Crippen molar-refractivity contribution in [1.82, 2.24) is 0 Å². The molecule has 0 saturated carbocycles. The molecular weight excluding hydrogens is 313 g/mol. The Bertz CT molecular complexity index is 494. The minimum atomic E-state index is -2.26. The van der Waals surface area contributed by atoms with Gasteiger partial charge in [-0.3, -0.25) is 9.59 Å². The molecule has 0 aliphatic heterocycles. The summed E-state index contributed by atoms with van der Waals surface area (Å²) in [5, 5.41) is 0.0967. The summed E-state index contributed by atoms with van der Waals surface area (Å²) in [5.74, 6) is -2.34. The van der Waals surface area contributed by atoms with Gasteiger partial charge in [-0.2, -0.15) is 0 Å². The third-order valence-electron chi connectivity index (χ3n) is 2.83. The van der Waals surface area contributed by atoms with Gasteiger partial charge >= 0.3 is 0 Å². The van der Waals surface area contributed by atoms with E-state index in [0.29, 0.717) is 6.42 Å². The van der Waals surface area contributed by atoms with E-state index < -0.39 is 23.7 Å². The van der Waals surface area contributed by atoms with E-state index in [9.17, 15) is 14.0 Å². The predicted octanol–water partition coefficient (Wildman–Crippen LogP) is 4.78. The van der Waals surface area contributed by atoms with E-state index >= 15 is 0 Å². The number of carbonyl (C=O) groups is 2. The molecule has 2 nitrogen and oxygen atoms in total. The minimum Gasteiger partial charge on any atom is -0.296 e. The van der Waals surface area contributed by atoms with Gasteiger partial charge in [0.2, 0.25) is 12.0 Å². The van der Waals surface area contributed by atoms with Crippen LogP contribution >= 0.6 is 34.8 Å². The molecule has 0 aromatic heterocycles. The molecule has 19 heavy (non-hydrogen) atoms. The molecule has 0 N–H and O–H groups in total. The van der Waals surface area contributed by atoms with Crippen LogP contribution in [0.5, 0.6) is 0 Å². The first-order chi connectivity index (χ1) is 8.79. The number of ketones is 2. The molecule has 1 aromatic rings. The van der Waals surface area contributed by atoms with Crippen LogP contribution in [0.3, 0.4) is 0 Å². The van der Waals surface area contributed by atoms with Gasteiger partial charge in [0, 0.05) is 10.9 Å². The summed E-state index contributed by atoms with van der Waals surface area (Å²) in [6.07, 6.45) is -1.81. The van der Waals surface area contributed by atoms with E-state index in [-0.39, 0.29) is 20.6 Å². The Morgan fingerprint density at radius 1 is 1.21 bits per heavy atom. The van der Waals surface area contributed by atoms with Gasteiger partial charge in [-0.25, -0.2) is 4.39 Å². The summed E-state index contributed by atoms with van der Waals surface area (Å²) < 4.78 is 13.9. The van der Waals surface area contributed by atoms with Crippen molar-refractivity contribution in [1.29, 1.82) is 0 Å². The number of Topliss-reactive ketones (excluding diaryl/α,β-unsaturated/α-hetero) is 2. The topological polar surface area (TPSA) is 34.1 Å². The van der Waals surface area contributed by atoms with Gasteiger partial charge in [0.25, 0.3) is 0 Å². The van der Waals surface area contributed by atoms with E-state index in [0.717, 1.165) is 0 Å². The Labute approximate surface area is 125 Å². The lowest BCUT2D eigenvalue weighted by Crippen LogP contribution is -2.30. The first kappa shape index (κ1) is 16.4. The van der Waals surface area contributed by atoms with Gasteiger partial charge in [0.1, 0.15) is 0 Å². The second-order valence-electron chi connectivity index (χ2n) is 4.18. The van der Waals surface area contributed by atoms with Crippen LogP contribution in [0.25, 0.3) is 0 Å². The maximum Gasteiger partial charge on any atom is 0.221 e. The molecule has 0 fully saturated rings. The summed E-state index contributed by atoms with van der Waals surface area (Å²) in [6.45, 7) is 3.30. The van der Waals surface area contributed by atoms with Crippen molar-refractivity contribution in [3.05, 3.63) is 32.8 Å². The van der Waals surface area contributed by atoms with Crippen molar-refractivity contribution >= 4 is 46.4 Å². The number of hydrogen-bond acceptors (Lipinski definition) is 2. The van der Waals surface area contributed by atoms with Crippen LogP contribution in [-0.4, -0.2) is 17.7 Å². The minimum absolute atomic E-state index is 0.0675. The Balaban J connectivity index is 3.11. The number of hydrogen-bond donors (Lipinski definition) is 0. The lowest BCUT2D eigenvalue weighted by atomic mass is 9.95.